The second kappa shape index (κ2) is 4.29. The molecule has 1 heterocycles. The predicted octanol–water partition coefficient (Wildman–Crippen LogP) is 2.47. The molecule has 0 amide bonds. The van der Waals surface area contributed by atoms with Crippen molar-refractivity contribution in [1.82, 2.24) is 9.97 Å². The molecule has 1 aromatic carbocycles. The monoisotopic (exact) mass is 254 g/mol. The van der Waals surface area contributed by atoms with E-state index in [9.17, 15) is 18.0 Å². The molecule has 94 valence electrons. The Kier molecular flexibility index (Phi) is 2.94. The summed E-state index contributed by atoms with van der Waals surface area (Å²) in [5, 5.41) is 0. The van der Waals surface area contributed by atoms with Crippen molar-refractivity contribution in [1.29, 1.82) is 0 Å². The van der Waals surface area contributed by atoms with Crippen LogP contribution in [0, 0.1) is 31.3 Å². The third-order valence-corrected chi connectivity index (χ3v) is 2.53. The summed E-state index contributed by atoms with van der Waals surface area (Å²) in [6.45, 7) is 3.01. The van der Waals surface area contributed by atoms with E-state index < -0.39 is 23.0 Å². The van der Waals surface area contributed by atoms with E-state index in [1.165, 1.54) is 6.92 Å². The van der Waals surface area contributed by atoms with Gasteiger partial charge in [0.2, 0.25) is 0 Å². The summed E-state index contributed by atoms with van der Waals surface area (Å²) >= 11 is 0. The Hall–Kier alpha value is -2.11. The number of hydrogen-bond acceptors (Lipinski definition) is 2. The van der Waals surface area contributed by atoms with Crippen LogP contribution in [-0.2, 0) is 0 Å². The molecule has 0 unspecified atom stereocenters. The number of rotatable bonds is 1. The Labute approximate surface area is 100 Å². The van der Waals surface area contributed by atoms with Gasteiger partial charge in [0.25, 0.3) is 5.56 Å². The molecule has 0 bridgehead atoms. The molecule has 0 aliphatic heterocycles. The van der Waals surface area contributed by atoms with Gasteiger partial charge in [-0.1, -0.05) is 0 Å². The highest BCUT2D eigenvalue weighted by atomic mass is 19.2. The van der Waals surface area contributed by atoms with Crippen LogP contribution < -0.4 is 5.56 Å². The largest absolute Gasteiger partial charge is 0.311 e. The van der Waals surface area contributed by atoms with Crippen LogP contribution in [0.25, 0.3) is 11.3 Å². The van der Waals surface area contributed by atoms with Gasteiger partial charge in [0.1, 0.15) is 5.82 Å². The van der Waals surface area contributed by atoms with Crippen LogP contribution in [0.3, 0.4) is 0 Å². The smallest absolute Gasteiger partial charge is 0.254 e. The number of H-pyrrole nitrogens is 1. The zero-order valence-corrected chi connectivity index (χ0v) is 9.64. The van der Waals surface area contributed by atoms with Crippen molar-refractivity contribution >= 4 is 0 Å². The van der Waals surface area contributed by atoms with Crippen molar-refractivity contribution in [2.75, 3.05) is 0 Å². The Bertz CT molecular complexity index is 657. The summed E-state index contributed by atoms with van der Waals surface area (Å²) < 4.78 is 39.1. The van der Waals surface area contributed by atoms with E-state index in [2.05, 4.69) is 9.97 Å². The fourth-order valence-corrected chi connectivity index (χ4v) is 1.62. The van der Waals surface area contributed by atoms with E-state index in [0.717, 1.165) is 12.1 Å². The molecule has 0 saturated heterocycles. The average molecular weight is 254 g/mol. The Morgan fingerprint density at radius 3 is 2.22 bits per heavy atom. The van der Waals surface area contributed by atoms with Crippen molar-refractivity contribution < 1.29 is 13.2 Å². The molecule has 18 heavy (non-hydrogen) atoms. The van der Waals surface area contributed by atoms with E-state index in [1.807, 2.05) is 0 Å². The number of hydrogen-bond donors (Lipinski definition) is 1. The van der Waals surface area contributed by atoms with Crippen molar-refractivity contribution in [3.05, 3.63) is 51.3 Å². The Morgan fingerprint density at radius 2 is 1.67 bits per heavy atom. The topological polar surface area (TPSA) is 45.8 Å². The summed E-state index contributed by atoms with van der Waals surface area (Å²) in [5.74, 6) is -3.86. The lowest BCUT2D eigenvalue weighted by atomic mass is 10.1. The molecule has 3 nitrogen and oxygen atoms in total. The molecule has 0 saturated carbocycles. The first-order valence-corrected chi connectivity index (χ1v) is 5.12. The number of aromatic amines is 1. The number of nitrogens with one attached hydrogen (secondary N) is 1. The maximum atomic E-state index is 13.1. The van der Waals surface area contributed by atoms with Gasteiger partial charge in [-0.3, -0.25) is 4.79 Å². The standard InChI is InChI=1S/C12H9F3N2O/c1-5-11(16-6(2)17-12(5)18)7-3-8(13)10(15)9(14)4-7/h3-4H,1-2H3,(H,16,17,18). The molecule has 0 aliphatic rings. The van der Waals surface area contributed by atoms with Crippen molar-refractivity contribution in [2.24, 2.45) is 0 Å². The molecule has 0 aliphatic carbocycles. The van der Waals surface area contributed by atoms with Gasteiger partial charge in [-0.05, 0) is 26.0 Å². The normalized spacial score (nSPS) is 10.7. The molecular weight excluding hydrogens is 245 g/mol. The second-order valence-corrected chi connectivity index (χ2v) is 3.88. The van der Waals surface area contributed by atoms with Crippen LogP contribution in [0.2, 0.25) is 0 Å². The molecule has 2 rings (SSSR count). The Morgan fingerprint density at radius 1 is 1.11 bits per heavy atom. The molecule has 2 aromatic rings. The minimum Gasteiger partial charge on any atom is -0.311 e. The summed E-state index contributed by atoms with van der Waals surface area (Å²) in [4.78, 5) is 18.0. The van der Waals surface area contributed by atoms with Crippen molar-refractivity contribution in [3.63, 3.8) is 0 Å². The average Bonchev–Trinajstić information content (AvgIpc) is 2.30. The molecule has 0 fully saturated rings. The van der Waals surface area contributed by atoms with Gasteiger partial charge in [-0.2, -0.15) is 0 Å². The predicted molar refractivity (Wildman–Crippen MR) is 59.6 cm³/mol. The highest BCUT2D eigenvalue weighted by Gasteiger charge is 2.15. The van der Waals surface area contributed by atoms with Gasteiger partial charge in [0.05, 0.1) is 5.69 Å². The number of nitrogens with zero attached hydrogens (tertiary/aromatic N) is 1. The SMILES string of the molecule is Cc1nc(-c2cc(F)c(F)c(F)c2)c(C)c(=O)[nH]1. The molecule has 0 radical (unpaired) electrons. The van der Waals surface area contributed by atoms with Crippen LogP contribution in [-0.4, -0.2) is 9.97 Å². The molecular formula is C12H9F3N2O. The molecule has 0 spiro atoms. The van der Waals surface area contributed by atoms with E-state index in [1.54, 1.807) is 6.92 Å². The van der Waals surface area contributed by atoms with E-state index in [0.29, 0.717) is 5.82 Å². The molecule has 1 N–H and O–H groups in total. The third kappa shape index (κ3) is 2.01. The van der Waals surface area contributed by atoms with Crippen LogP contribution >= 0.6 is 0 Å². The first-order chi connectivity index (χ1) is 8.40. The lowest BCUT2D eigenvalue weighted by Gasteiger charge is -2.06. The van der Waals surface area contributed by atoms with Crippen LogP contribution in [0.5, 0.6) is 0 Å². The van der Waals surface area contributed by atoms with Crippen LogP contribution in [0.4, 0.5) is 13.2 Å². The van der Waals surface area contributed by atoms with E-state index in [-0.39, 0.29) is 16.8 Å². The van der Waals surface area contributed by atoms with E-state index >= 15 is 0 Å². The minimum absolute atomic E-state index is 0.0260. The third-order valence-electron chi connectivity index (χ3n) is 2.53. The Balaban J connectivity index is 2.73. The van der Waals surface area contributed by atoms with Crippen LogP contribution in [0.1, 0.15) is 11.4 Å². The first kappa shape index (κ1) is 12.3. The number of aromatic nitrogens is 2. The summed E-state index contributed by atoms with van der Waals surface area (Å²) in [5.41, 5.74) is -0.0270. The minimum atomic E-state index is -1.54. The van der Waals surface area contributed by atoms with Gasteiger partial charge in [0.15, 0.2) is 17.5 Å². The number of halogens is 3. The fraction of sp³-hybridized carbons (Fsp3) is 0.167. The summed E-state index contributed by atoms with van der Waals surface area (Å²) in [6, 6.07) is 1.62. The van der Waals surface area contributed by atoms with E-state index in [4.69, 9.17) is 0 Å². The van der Waals surface area contributed by atoms with Crippen LogP contribution in [0.15, 0.2) is 16.9 Å². The zero-order chi connectivity index (χ0) is 13.4. The molecule has 6 heteroatoms. The van der Waals surface area contributed by atoms with Gasteiger partial charge in [-0.15, -0.1) is 0 Å². The highest BCUT2D eigenvalue weighted by molar-refractivity contribution is 5.62. The first-order valence-electron chi connectivity index (χ1n) is 5.12. The number of benzene rings is 1. The van der Waals surface area contributed by atoms with Crippen molar-refractivity contribution in [2.45, 2.75) is 13.8 Å². The quantitative estimate of drug-likeness (QED) is 0.794. The fourth-order valence-electron chi connectivity index (χ4n) is 1.62. The maximum absolute atomic E-state index is 13.1. The lowest BCUT2D eigenvalue weighted by molar-refractivity contribution is 0.447. The summed E-state index contributed by atoms with van der Waals surface area (Å²) in [7, 11) is 0. The molecule has 1 aromatic heterocycles. The number of aryl methyl sites for hydroxylation is 1. The highest BCUT2D eigenvalue weighted by Crippen LogP contribution is 2.23. The summed E-state index contributed by atoms with van der Waals surface area (Å²) in [6.07, 6.45) is 0. The van der Waals surface area contributed by atoms with Gasteiger partial charge >= 0.3 is 0 Å². The lowest BCUT2D eigenvalue weighted by Crippen LogP contribution is -2.14. The zero-order valence-electron chi connectivity index (χ0n) is 9.64. The van der Waals surface area contributed by atoms with Crippen molar-refractivity contribution in [3.8, 4) is 11.3 Å². The second-order valence-electron chi connectivity index (χ2n) is 3.88. The van der Waals surface area contributed by atoms with Gasteiger partial charge in [-0.25, -0.2) is 18.2 Å². The maximum Gasteiger partial charge on any atom is 0.254 e. The van der Waals surface area contributed by atoms with Gasteiger partial charge < -0.3 is 4.98 Å². The van der Waals surface area contributed by atoms with Gasteiger partial charge in [0, 0.05) is 11.1 Å². The molecule has 0 atom stereocenters.